The summed E-state index contributed by atoms with van der Waals surface area (Å²) in [5, 5.41) is 0. The predicted molar refractivity (Wildman–Crippen MR) is 101 cm³/mol. The van der Waals surface area contributed by atoms with Crippen molar-refractivity contribution in [3.8, 4) is 0 Å². The van der Waals surface area contributed by atoms with Crippen LogP contribution in [0.5, 0.6) is 0 Å². The van der Waals surface area contributed by atoms with Crippen LogP contribution in [-0.2, 0) is 6.42 Å². The van der Waals surface area contributed by atoms with Crippen molar-refractivity contribution in [2.24, 2.45) is 5.92 Å². The first-order valence-corrected chi connectivity index (χ1v) is 10.3. The van der Waals surface area contributed by atoms with Crippen LogP contribution in [0, 0.1) is 17.6 Å². The third-order valence-electron chi connectivity index (χ3n) is 6.51. The predicted octanol–water partition coefficient (Wildman–Crippen LogP) is 7.47. The van der Waals surface area contributed by atoms with E-state index >= 15 is 0 Å². The van der Waals surface area contributed by atoms with Crippen LogP contribution in [0.4, 0.5) is 8.78 Å². The van der Waals surface area contributed by atoms with Crippen molar-refractivity contribution in [1.82, 2.24) is 0 Å². The number of halogens is 2. The summed E-state index contributed by atoms with van der Waals surface area (Å²) in [5.41, 5.74) is 4.42. The van der Waals surface area contributed by atoms with E-state index in [1.54, 1.807) is 17.2 Å². The molecular weight excluding hydrogens is 314 g/mol. The molecule has 2 fully saturated rings. The van der Waals surface area contributed by atoms with E-state index in [9.17, 15) is 8.78 Å². The highest BCUT2D eigenvalue weighted by Gasteiger charge is 2.26. The zero-order chi connectivity index (χ0) is 17.8. The molecule has 2 aliphatic carbocycles. The van der Waals surface area contributed by atoms with E-state index in [4.69, 9.17) is 0 Å². The lowest BCUT2D eigenvalue weighted by Gasteiger charge is -2.30. The molecule has 0 atom stereocenters. The lowest BCUT2D eigenvalue weighted by atomic mass is 9.75. The van der Waals surface area contributed by atoms with Crippen molar-refractivity contribution in [3.63, 3.8) is 0 Å². The average Bonchev–Trinajstić information content (AvgIpc) is 2.65. The van der Waals surface area contributed by atoms with Gasteiger partial charge in [-0.15, -0.1) is 0 Å². The SMILES string of the molecule is CCCC1CCC(=C2CCC(c3ccc(CC)c(F)c3F)CC2)CC1. The summed E-state index contributed by atoms with van der Waals surface area (Å²) in [6.07, 6.45) is 12.6. The fourth-order valence-corrected chi connectivity index (χ4v) is 4.90. The number of hydrogen-bond acceptors (Lipinski definition) is 0. The molecule has 0 aromatic heterocycles. The fourth-order valence-electron chi connectivity index (χ4n) is 4.90. The van der Waals surface area contributed by atoms with Crippen LogP contribution in [0.25, 0.3) is 0 Å². The third kappa shape index (κ3) is 4.15. The molecule has 2 aliphatic rings. The number of hydrogen-bond donors (Lipinski definition) is 0. The van der Waals surface area contributed by atoms with Crippen LogP contribution >= 0.6 is 0 Å². The second-order valence-electron chi connectivity index (χ2n) is 8.01. The molecule has 138 valence electrons. The quantitative estimate of drug-likeness (QED) is 0.496. The van der Waals surface area contributed by atoms with Gasteiger partial charge in [0.15, 0.2) is 11.6 Å². The summed E-state index contributed by atoms with van der Waals surface area (Å²) >= 11 is 0. The summed E-state index contributed by atoms with van der Waals surface area (Å²) in [5.74, 6) is -0.111. The van der Waals surface area contributed by atoms with Gasteiger partial charge < -0.3 is 0 Å². The third-order valence-corrected chi connectivity index (χ3v) is 6.51. The van der Waals surface area contributed by atoms with E-state index in [1.807, 2.05) is 13.0 Å². The van der Waals surface area contributed by atoms with Crippen LogP contribution < -0.4 is 0 Å². The Bertz CT molecular complexity index is 609. The highest BCUT2D eigenvalue weighted by atomic mass is 19.2. The standard InChI is InChI=1S/C23H32F2/c1-3-5-16-6-8-18(9-7-16)19-10-12-20(13-11-19)21-15-14-17(4-2)22(24)23(21)25/h14-16,20H,3-13H2,1-2H3. The summed E-state index contributed by atoms with van der Waals surface area (Å²) in [6, 6.07) is 3.60. The molecule has 1 aromatic carbocycles. The molecule has 1 aromatic rings. The molecule has 2 heteroatoms. The Kier molecular flexibility index (Phi) is 6.30. The van der Waals surface area contributed by atoms with E-state index in [2.05, 4.69) is 6.92 Å². The van der Waals surface area contributed by atoms with Gasteiger partial charge in [-0.05, 0) is 80.8 Å². The first-order valence-electron chi connectivity index (χ1n) is 10.3. The first-order chi connectivity index (χ1) is 12.1. The summed E-state index contributed by atoms with van der Waals surface area (Å²) in [7, 11) is 0. The van der Waals surface area contributed by atoms with Crippen molar-refractivity contribution in [3.05, 3.63) is 46.0 Å². The monoisotopic (exact) mass is 346 g/mol. The van der Waals surface area contributed by atoms with Crippen molar-refractivity contribution >= 4 is 0 Å². The summed E-state index contributed by atoms with van der Waals surface area (Å²) in [6.45, 7) is 4.15. The lowest BCUT2D eigenvalue weighted by Crippen LogP contribution is -2.14. The molecule has 0 unspecified atom stereocenters. The molecule has 0 amide bonds. The van der Waals surface area contributed by atoms with Gasteiger partial charge in [-0.3, -0.25) is 0 Å². The molecule has 0 saturated heterocycles. The fraction of sp³-hybridized carbons (Fsp3) is 0.652. The minimum absolute atomic E-state index is 0.182. The molecule has 3 rings (SSSR count). The Labute approximate surface area is 151 Å². The van der Waals surface area contributed by atoms with E-state index in [-0.39, 0.29) is 5.92 Å². The van der Waals surface area contributed by atoms with Crippen molar-refractivity contribution in [1.29, 1.82) is 0 Å². The maximum absolute atomic E-state index is 14.4. The molecule has 0 heterocycles. The second kappa shape index (κ2) is 8.47. The van der Waals surface area contributed by atoms with Gasteiger partial charge in [0.1, 0.15) is 0 Å². The number of allylic oxidation sites excluding steroid dienone is 2. The maximum atomic E-state index is 14.4. The molecule has 25 heavy (non-hydrogen) atoms. The van der Waals surface area contributed by atoms with Crippen LogP contribution in [-0.4, -0.2) is 0 Å². The zero-order valence-corrected chi connectivity index (χ0v) is 15.8. The van der Waals surface area contributed by atoms with E-state index in [1.165, 1.54) is 38.5 Å². The average molecular weight is 347 g/mol. The van der Waals surface area contributed by atoms with Crippen LogP contribution in [0.1, 0.15) is 95.1 Å². The van der Waals surface area contributed by atoms with Crippen molar-refractivity contribution in [2.75, 3.05) is 0 Å². The molecule has 0 N–H and O–H groups in total. The van der Waals surface area contributed by atoms with Crippen LogP contribution in [0.2, 0.25) is 0 Å². The largest absolute Gasteiger partial charge is 0.203 e. The van der Waals surface area contributed by atoms with Gasteiger partial charge in [-0.25, -0.2) is 8.78 Å². The van der Waals surface area contributed by atoms with Crippen molar-refractivity contribution < 1.29 is 8.78 Å². The summed E-state index contributed by atoms with van der Waals surface area (Å²) < 4.78 is 28.5. The minimum Gasteiger partial charge on any atom is -0.203 e. The zero-order valence-electron chi connectivity index (χ0n) is 15.8. The van der Waals surface area contributed by atoms with E-state index in [0.717, 1.165) is 31.6 Å². The van der Waals surface area contributed by atoms with Gasteiger partial charge in [0, 0.05) is 0 Å². The Morgan fingerprint density at radius 1 is 0.840 bits per heavy atom. The molecular formula is C23H32F2. The highest BCUT2D eigenvalue weighted by Crippen LogP contribution is 2.42. The smallest absolute Gasteiger partial charge is 0.162 e. The maximum Gasteiger partial charge on any atom is 0.162 e. The number of benzene rings is 1. The Morgan fingerprint density at radius 3 is 2.00 bits per heavy atom. The summed E-state index contributed by atoms with van der Waals surface area (Å²) in [4.78, 5) is 0. The Morgan fingerprint density at radius 2 is 1.44 bits per heavy atom. The minimum atomic E-state index is -0.626. The van der Waals surface area contributed by atoms with Gasteiger partial charge in [0.2, 0.25) is 0 Å². The van der Waals surface area contributed by atoms with Gasteiger partial charge in [-0.2, -0.15) is 0 Å². The van der Waals surface area contributed by atoms with E-state index in [0.29, 0.717) is 17.5 Å². The normalized spacial score (nSPS) is 24.6. The first kappa shape index (κ1) is 18.6. The van der Waals surface area contributed by atoms with Crippen LogP contribution in [0.15, 0.2) is 23.3 Å². The molecule has 2 saturated carbocycles. The Balaban J connectivity index is 1.63. The van der Waals surface area contributed by atoms with Gasteiger partial charge in [0.05, 0.1) is 0 Å². The van der Waals surface area contributed by atoms with Gasteiger partial charge in [0.25, 0.3) is 0 Å². The van der Waals surface area contributed by atoms with Gasteiger partial charge >= 0.3 is 0 Å². The Hall–Kier alpha value is -1.18. The topological polar surface area (TPSA) is 0 Å². The molecule has 0 nitrogen and oxygen atoms in total. The van der Waals surface area contributed by atoms with Crippen LogP contribution in [0.3, 0.4) is 0 Å². The number of rotatable bonds is 4. The molecule has 0 aliphatic heterocycles. The molecule has 0 bridgehead atoms. The van der Waals surface area contributed by atoms with Gasteiger partial charge in [-0.1, -0.05) is 50.0 Å². The second-order valence-corrected chi connectivity index (χ2v) is 8.01. The number of aryl methyl sites for hydroxylation is 1. The van der Waals surface area contributed by atoms with Crippen molar-refractivity contribution in [2.45, 2.75) is 90.4 Å². The lowest BCUT2D eigenvalue weighted by molar-refractivity contribution is 0.373. The highest BCUT2D eigenvalue weighted by molar-refractivity contribution is 5.31. The van der Waals surface area contributed by atoms with E-state index < -0.39 is 11.6 Å². The molecule has 0 spiro atoms. The molecule has 0 radical (unpaired) electrons.